The van der Waals surface area contributed by atoms with E-state index in [1.165, 1.54) is 0 Å². The Labute approximate surface area is 86.7 Å². The smallest absolute Gasteiger partial charge is 0.325 e. The average molecular weight is 204 g/mol. The molecular formula is C11H12N2O2. The van der Waals surface area contributed by atoms with Crippen LogP contribution in [0.4, 0.5) is 0 Å². The second-order valence-electron chi connectivity index (χ2n) is 3.56. The molecule has 0 radical (unpaired) electrons. The van der Waals surface area contributed by atoms with Crippen molar-refractivity contribution in [3.05, 3.63) is 35.5 Å². The van der Waals surface area contributed by atoms with Gasteiger partial charge >= 0.3 is 5.97 Å². The lowest BCUT2D eigenvalue weighted by atomic mass is 10.1. The number of carbonyl (C=O) groups is 1. The first-order valence-corrected chi connectivity index (χ1v) is 4.66. The molecule has 2 rings (SSSR count). The Kier molecular flexibility index (Phi) is 2.21. The molecule has 0 fully saturated rings. The Morgan fingerprint density at radius 1 is 1.53 bits per heavy atom. The normalized spacial score (nSPS) is 12.9. The maximum absolute atomic E-state index is 10.8. The standard InChI is InChI=1S/C11H12N2O2/c1-6-3-2-4-7-8(5-13-10(6)7)9(12)11(14)15/h2-5,9,13H,12H2,1H3,(H,14,15). The van der Waals surface area contributed by atoms with Crippen LogP contribution in [-0.4, -0.2) is 16.1 Å². The van der Waals surface area contributed by atoms with Crippen molar-refractivity contribution in [1.82, 2.24) is 4.98 Å². The number of aliphatic carboxylic acids is 1. The molecule has 0 spiro atoms. The number of fused-ring (bicyclic) bond motifs is 1. The SMILES string of the molecule is Cc1cccc2c(C(N)C(=O)O)c[nH]c12. The van der Waals surface area contributed by atoms with Crippen molar-refractivity contribution in [1.29, 1.82) is 0 Å². The Balaban J connectivity index is 2.64. The van der Waals surface area contributed by atoms with Crippen LogP contribution >= 0.6 is 0 Å². The highest BCUT2D eigenvalue weighted by atomic mass is 16.4. The molecule has 4 heteroatoms. The van der Waals surface area contributed by atoms with E-state index in [9.17, 15) is 4.79 Å². The van der Waals surface area contributed by atoms with Crippen LogP contribution in [-0.2, 0) is 4.79 Å². The molecule has 2 aromatic rings. The zero-order valence-corrected chi connectivity index (χ0v) is 8.32. The van der Waals surface area contributed by atoms with E-state index in [1.54, 1.807) is 6.20 Å². The fourth-order valence-electron chi connectivity index (χ4n) is 1.72. The molecule has 1 unspecified atom stereocenters. The van der Waals surface area contributed by atoms with Gasteiger partial charge in [-0.3, -0.25) is 4.79 Å². The Hall–Kier alpha value is -1.81. The molecule has 4 N–H and O–H groups in total. The van der Waals surface area contributed by atoms with Gasteiger partial charge in [0, 0.05) is 22.7 Å². The molecule has 0 amide bonds. The maximum atomic E-state index is 10.8. The summed E-state index contributed by atoms with van der Waals surface area (Å²) in [5, 5.41) is 9.72. The summed E-state index contributed by atoms with van der Waals surface area (Å²) < 4.78 is 0. The summed E-state index contributed by atoms with van der Waals surface area (Å²) in [4.78, 5) is 13.8. The monoisotopic (exact) mass is 204 g/mol. The molecule has 4 nitrogen and oxygen atoms in total. The lowest BCUT2D eigenvalue weighted by Gasteiger charge is -2.04. The summed E-state index contributed by atoms with van der Waals surface area (Å²) in [7, 11) is 0. The topological polar surface area (TPSA) is 79.1 Å². The van der Waals surface area contributed by atoms with Gasteiger partial charge in [-0.1, -0.05) is 18.2 Å². The highest BCUT2D eigenvalue weighted by molar-refractivity contribution is 5.90. The van der Waals surface area contributed by atoms with Crippen LogP contribution in [0.15, 0.2) is 24.4 Å². The summed E-state index contributed by atoms with van der Waals surface area (Å²) in [6.07, 6.45) is 1.66. The number of aryl methyl sites for hydroxylation is 1. The summed E-state index contributed by atoms with van der Waals surface area (Å²) in [5.74, 6) is -1.02. The fraction of sp³-hybridized carbons (Fsp3) is 0.182. The van der Waals surface area contributed by atoms with Gasteiger partial charge in [0.2, 0.25) is 0 Å². The number of nitrogens with one attached hydrogen (secondary N) is 1. The van der Waals surface area contributed by atoms with Crippen LogP contribution in [0.2, 0.25) is 0 Å². The van der Waals surface area contributed by atoms with E-state index < -0.39 is 12.0 Å². The van der Waals surface area contributed by atoms with E-state index in [-0.39, 0.29) is 0 Å². The predicted octanol–water partition coefficient (Wildman–Crippen LogP) is 1.56. The third-order valence-corrected chi connectivity index (χ3v) is 2.56. The summed E-state index contributed by atoms with van der Waals surface area (Å²) >= 11 is 0. The van der Waals surface area contributed by atoms with Crippen molar-refractivity contribution in [2.75, 3.05) is 0 Å². The molecule has 78 valence electrons. The number of nitrogens with two attached hydrogens (primary N) is 1. The first-order valence-electron chi connectivity index (χ1n) is 4.66. The van der Waals surface area contributed by atoms with Gasteiger partial charge in [0.05, 0.1) is 0 Å². The second kappa shape index (κ2) is 3.40. The maximum Gasteiger partial charge on any atom is 0.325 e. The number of hydrogen-bond acceptors (Lipinski definition) is 2. The van der Waals surface area contributed by atoms with Crippen molar-refractivity contribution >= 4 is 16.9 Å². The minimum atomic E-state index is -1.02. The number of hydrogen-bond donors (Lipinski definition) is 3. The van der Waals surface area contributed by atoms with Gasteiger partial charge in [0.1, 0.15) is 6.04 Å². The lowest BCUT2D eigenvalue weighted by molar-refractivity contribution is -0.138. The summed E-state index contributed by atoms with van der Waals surface area (Å²) in [5.41, 5.74) is 8.23. The molecule has 1 aromatic carbocycles. The highest BCUT2D eigenvalue weighted by Crippen LogP contribution is 2.25. The predicted molar refractivity (Wildman–Crippen MR) is 57.6 cm³/mol. The van der Waals surface area contributed by atoms with Gasteiger partial charge in [-0.05, 0) is 12.5 Å². The van der Waals surface area contributed by atoms with Crippen molar-refractivity contribution in [2.24, 2.45) is 5.73 Å². The number of rotatable bonds is 2. The molecule has 1 atom stereocenters. The van der Waals surface area contributed by atoms with Gasteiger partial charge in [-0.25, -0.2) is 0 Å². The molecule has 0 aliphatic rings. The van der Waals surface area contributed by atoms with E-state index >= 15 is 0 Å². The van der Waals surface area contributed by atoms with Gasteiger partial charge in [-0.2, -0.15) is 0 Å². The van der Waals surface area contributed by atoms with Crippen molar-refractivity contribution in [3.63, 3.8) is 0 Å². The zero-order valence-electron chi connectivity index (χ0n) is 8.32. The average Bonchev–Trinajstić information content (AvgIpc) is 2.61. The van der Waals surface area contributed by atoms with Gasteiger partial charge < -0.3 is 15.8 Å². The molecule has 15 heavy (non-hydrogen) atoms. The van der Waals surface area contributed by atoms with Crippen LogP contribution in [0, 0.1) is 6.92 Å². The number of carboxylic acid groups (broad SMARTS) is 1. The Bertz CT molecular complexity index is 516. The van der Waals surface area contributed by atoms with E-state index in [0.717, 1.165) is 16.5 Å². The van der Waals surface area contributed by atoms with Crippen LogP contribution in [0.25, 0.3) is 10.9 Å². The quantitative estimate of drug-likeness (QED) is 0.694. The van der Waals surface area contributed by atoms with E-state index in [4.69, 9.17) is 10.8 Å². The van der Waals surface area contributed by atoms with E-state index in [1.807, 2.05) is 25.1 Å². The molecule has 1 heterocycles. The number of benzene rings is 1. The highest BCUT2D eigenvalue weighted by Gasteiger charge is 2.18. The number of H-pyrrole nitrogens is 1. The minimum absolute atomic E-state index is 0.626. The zero-order chi connectivity index (χ0) is 11.0. The lowest BCUT2D eigenvalue weighted by Crippen LogP contribution is -2.20. The summed E-state index contributed by atoms with van der Waals surface area (Å²) in [6.45, 7) is 1.97. The molecule has 0 bridgehead atoms. The second-order valence-corrected chi connectivity index (χ2v) is 3.56. The summed E-state index contributed by atoms with van der Waals surface area (Å²) in [6, 6.07) is 4.76. The van der Waals surface area contributed by atoms with E-state index in [0.29, 0.717) is 5.56 Å². The number of carboxylic acids is 1. The Morgan fingerprint density at radius 3 is 2.93 bits per heavy atom. The first kappa shape index (κ1) is 9.73. The molecule has 0 aliphatic carbocycles. The fourth-order valence-corrected chi connectivity index (χ4v) is 1.72. The van der Waals surface area contributed by atoms with Crippen LogP contribution in [0.5, 0.6) is 0 Å². The minimum Gasteiger partial charge on any atom is -0.480 e. The largest absolute Gasteiger partial charge is 0.480 e. The van der Waals surface area contributed by atoms with Crippen molar-refractivity contribution < 1.29 is 9.90 Å². The molecule has 1 aromatic heterocycles. The van der Waals surface area contributed by atoms with Gasteiger partial charge in [0.15, 0.2) is 0 Å². The third-order valence-electron chi connectivity index (χ3n) is 2.56. The van der Waals surface area contributed by atoms with Crippen molar-refractivity contribution in [2.45, 2.75) is 13.0 Å². The number of aromatic amines is 1. The third kappa shape index (κ3) is 1.49. The van der Waals surface area contributed by atoms with Crippen molar-refractivity contribution in [3.8, 4) is 0 Å². The molecular weight excluding hydrogens is 192 g/mol. The van der Waals surface area contributed by atoms with Gasteiger partial charge in [0.25, 0.3) is 0 Å². The first-order chi connectivity index (χ1) is 7.11. The molecule has 0 saturated carbocycles. The molecule has 0 aliphatic heterocycles. The number of aromatic nitrogens is 1. The van der Waals surface area contributed by atoms with Gasteiger partial charge in [-0.15, -0.1) is 0 Å². The number of para-hydroxylation sites is 1. The van der Waals surface area contributed by atoms with Crippen LogP contribution in [0.1, 0.15) is 17.2 Å². The Morgan fingerprint density at radius 2 is 2.27 bits per heavy atom. The van der Waals surface area contributed by atoms with Crippen LogP contribution in [0.3, 0.4) is 0 Å². The van der Waals surface area contributed by atoms with E-state index in [2.05, 4.69) is 4.98 Å². The van der Waals surface area contributed by atoms with Crippen LogP contribution < -0.4 is 5.73 Å². The molecule has 0 saturated heterocycles.